The number of phenolic OH excluding ortho intramolecular Hbond substituents is 1. The molecule has 36 heavy (non-hydrogen) atoms. The number of pyridine rings is 1. The van der Waals surface area contributed by atoms with Crippen LogP contribution in [0.25, 0.3) is 32.9 Å². The van der Waals surface area contributed by atoms with E-state index in [2.05, 4.69) is 15.0 Å². The van der Waals surface area contributed by atoms with Crippen molar-refractivity contribution >= 4 is 27.5 Å². The zero-order chi connectivity index (χ0) is 25.1. The molecule has 2 aromatic carbocycles. The third-order valence-electron chi connectivity index (χ3n) is 7.10. The second kappa shape index (κ2) is 8.41. The summed E-state index contributed by atoms with van der Waals surface area (Å²) in [5.74, 6) is -0.791. The number of fused-ring (bicyclic) bond motifs is 1. The van der Waals surface area contributed by atoms with E-state index in [1.165, 1.54) is 25.3 Å². The van der Waals surface area contributed by atoms with Crippen LogP contribution in [0.4, 0.5) is 14.6 Å². The molecule has 2 aromatic heterocycles. The molecule has 2 unspecified atom stereocenters. The van der Waals surface area contributed by atoms with Gasteiger partial charge in [-0.2, -0.15) is 9.97 Å². The zero-order valence-corrected chi connectivity index (χ0v) is 19.8. The molecular weight excluding hydrogens is 470 g/mol. The van der Waals surface area contributed by atoms with Crippen molar-refractivity contribution in [2.75, 3.05) is 25.2 Å². The number of aliphatic hydroxyl groups excluding tert-OH is 1. The molecule has 10 heteroatoms. The van der Waals surface area contributed by atoms with Gasteiger partial charge in [0.2, 0.25) is 5.88 Å². The van der Waals surface area contributed by atoms with Crippen LogP contribution in [0, 0.1) is 11.6 Å². The Morgan fingerprint density at radius 3 is 2.67 bits per heavy atom. The molecule has 1 aliphatic carbocycles. The number of halogens is 2. The Kier molecular flexibility index (Phi) is 5.29. The van der Waals surface area contributed by atoms with Crippen LogP contribution in [0.15, 0.2) is 24.3 Å². The van der Waals surface area contributed by atoms with Gasteiger partial charge in [0.05, 0.1) is 25.8 Å². The molecule has 4 aromatic rings. The van der Waals surface area contributed by atoms with Crippen LogP contribution in [-0.2, 0) is 6.42 Å². The Balaban J connectivity index is 1.68. The van der Waals surface area contributed by atoms with E-state index in [1.54, 1.807) is 6.07 Å². The lowest BCUT2D eigenvalue weighted by Gasteiger charge is -2.41. The Morgan fingerprint density at radius 1 is 1.14 bits per heavy atom. The van der Waals surface area contributed by atoms with Gasteiger partial charge in [-0.1, -0.05) is 13.0 Å². The number of aryl methyl sites for hydroxylation is 1. The molecule has 2 aliphatic rings. The SMILES string of the molecule is CCc1c(F)ccc2cc(O)cc(-c3nc4c5c(nc(OC)nc5c3F)N(C3CCC3O)CCO4)c12. The van der Waals surface area contributed by atoms with Crippen molar-refractivity contribution in [3.8, 4) is 28.9 Å². The van der Waals surface area contributed by atoms with Gasteiger partial charge in [-0.15, -0.1) is 0 Å². The number of hydrogen-bond acceptors (Lipinski definition) is 8. The molecule has 0 bridgehead atoms. The third kappa shape index (κ3) is 3.31. The Bertz CT molecular complexity index is 1530. The second-order valence-electron chi connectivity index (χ2n) is 9.06. The zero-order valence-electron chi connectivity index (χ0n) is 19.8. The number of ether oxygens (including phenoxy) is 2. The van der Waals surface area contributed by atoms with Gasteiger partial charge in [0.25, 0.3) is 0 Å². The van der Waals surface area contributed by atoms with Crippen molar-refractivity contribution in [1.29, 1.82) is 0 Å². The van der Waals surface area contributed by atoms with Crippen LogP contribution >= 0.6 is 0 Å². The van der Waals surface area contributed by atoms with Gasteiger partial charge in [-0.25, -0.2) is 13.8 Å². The van der Waals surface area contributed by atoms with Crippen molar-refractivity contribution in [3.63, 3.8) is 0 Å². The maximum Gasteiger partial charge on any atom is 0.318 e. The summed E-state index contributed by atoms with van der Waals surface area (Å²) in [6.45, 7) is 2.44. The molecule has 1 aliphatic heterocycles. The summed E-state index contributed by atoms with van der Waals surface area (Å²) < 4.78 is 42.3. The van der Waals surface area contributed by atoms with Crippen molar-refractivity contribution < 1.29 is 28.5 Å². The van der Waals surface area contributed by atoms with Crippen molar-refractivity contribution in [2.45, 2.75) is 38.3 Å². The van der Waals surface area contributed by atoms with Gasteiger partial charge in [0.1, 0.15) is 40.6 Å². The molecule has 0 radical (unpaired) electrons. The molecule has 0 saturated heterocycles. The maximum absolute atomic E-state index is 16.3. The van der Waals surface area contributed by atoms with Gasteiger partial charge in [0, 0.05) is 5.56 Å². The fourth-order valence-corrected chi connectivity index (χ4v) is 5.22. The highest BCUT2D eigenvalue weighted by Crippen LogP contribution is 2.44. The third-order valence-corrected chi connectivity index (χ3v) is 7.10. The summed E-state index contributed by atoms with van der Waals surface area (Å²) in [4.78, 5) is 15.2. The first-order valence-electron chi connectivity index (χ1n) is 11.9. The topological polar surface area (TPSA) is 101 Å². The van der Waals surface area contributed by atoms with E-state index in [4.69, 9.17) is 9.47 Å². The normalized spacial score (nSPS) is 19.2. The van der Waals surface area contributed by atoms with Crippen molar-refractivity contribution in [1.82, 2.24) is 15.0 Å². The van der Waals surface area contributed by atoms with Crippen LogP contribution in [0.3, 0.4) is 0 Å². The number of aromatic hydroxyl groups is 1. The number of anilines is 1. The predicted octanol–water partition coefficient (Wildman–Crippen LogP) is 4.12. The molecule has 1 fully saturated rings. The van der Waals surface area contributed by atoms with E-state index in [9.17, 15) is 14.6 Å². The standard InChI is InChI=1S/C26H24F2N4O4/c1-3-14-16(27)5-4-12-10-13(33)11-15(19(12)14)22-21(28)23-20-24(31-26(30-23)35-2)32(17-6-7-18(17)34)8-9-36-25(20)29-22/h4-5,10-11,17-18,33-34H,3,6-9H2,1-2H3. The van der Waals surface area contributed by atoms with E-state index in [0.29, 0.717) is 41.5 Å². The van der Waals surface area contributed by atoms with Gasteiger partial charge < -0.3 is 24.6 Å². The lowest BCUT2D eigenvalue weighted by molar-refractivity contribution is 0.0632. The van der Waals surface area contributed by atoms with Crippen LogP contribution in [0.2, 0.25) is 0 Å². The average Bonchev–Trinajstić information content (AvgIpc) is 3.04. The first-order valence-corrected chi connectivity index (χ1v) is 11.9. The molecule has 6 rings (SSSR count). The molecule has 2 N–H and O–H groups in total. The molecule has 8 nitrogen and oxygen atoms in total. The lowest BCUT2D eigenvalue weighted by Crippen LogP contribution is -2.52. The lowest BCUT2D eigenvalue weighted by atomic mass is 9.87. The van der Waals surface area contributed by atoms with Crippen LogP contribution < -0.4 is 14.4 Å². The molecule has 0 spiro atoms. The summed E-state index contributed by atoms with van der Waals surface area (Å²) >= 11 is 0. The quantitative estimate of drug-likeness (QED) is 0.437. The Hall–Kier alpha value is -3.79. The number of methoxy groups -OCH3 is 1. The number of phenols is 1. The first-order chi connectivity index (χ1) is 17.4. The van der Waals surface area contributed by atoms with Gasteiger partial charge in [-0.05, 0) is 53.8 Å². The minimum absolute atomic E-state index is 0.0405. The highest BCUT2D eigenvalue weighted by atomic mass is 19.1. The average molecular weight is 494 g/mol. The van der Waals surface area contributed by atoms with Crippen LogP contribution in [0.1, 0.15) is 25.3 Å². The number of rotatable bonds is 4. The number of aromatic nitrogens is 3. The fraction of sp³-hybridized carbons (Fsp3) is 0.346. The Labute approximate surface area is 205 Å². The highest BCUT2D eigenvalue weighted by molar-refractivity contribution is 6.03. The molecule has 1 saturated carbocycles. The van der Waals surface area contributed by atoms with Crippen LogP contribution in [-0.4, -0.2) is 57.6 Å². The number of hydrogen-bond donors (Lipinski definition) is 2. The van der Waals surface area contributed by atoms with Gasteiger partial charge in [0.15, 0.2) is 5.82 Å². The first kappa shape index (κ1) is 22.7. The molecule has 186 valence electrons. The van der Waals surface area contributed by atoms with E-state index in [0.717, 1.165) is 6.42 Å². The second-order valence-corrected chi connectivity index (χ2v) is 9.06. The monoisotopic (exact) mass is 494 g/mol. The highest BCUT2D eigenvalue weighted by Gasteiger charge is 2.38. The largest absolute Gasteiger partial charge is 0.508 e. The van der Waals surface area contributed by atoms with E-state index in [-0.39, 0.29) is 52.4 Å². The van der Waals surface area contributed by atoms with E-state index < -0.39 is 17.7 Å². The summed E-state index contributed by atoms with van der Waals surface area (Å²) in [6.07, 6.45) is 1.27. The van der Waals surface area contributed by atoms with Crippen LogP contribution in [0.5, 0.6) is 17.6 Å². The van der Waals surface area contributed by atoms with Crippen molar-refractivity contribution in [2.24, 2.45) is 0 Å². The number of nitrogens with zero attached hydrogens (tertiary/aromatic N) is 4. The summed E-state index contributed by atoms with van der Waals surface area (Å²) in [7, 11) is 1.39. The predicted molar refractivity (Wildman–Crippen MR) is 130 cm³/mol. The number of benzene rings is 2. The molecule has 0 amide bonds. The summed E-state index contributed by atoms with van der Waals surface area (Å²) in [5.41, 5.74) is 0.433. The summed E-state index contributed by atoms with van der Waals surface area (Å²) in [5, 5.41) is 22.0. The fourth-order valence-electron chi connectivity index (χ4n) is 5.22. The molecule has 2 atom stereocenters. The Morgan fingerprint density at radius 2 is 1.97 bits per heavy atom. The van der Waals surface area contributed by atoms with E-state index >= 15 is 4.39 Å². The minimum atomic E-state index is -0.770. The number of aliphatic hydroxyl groups is 1. The summed E-state index contributed by atoms with van der Waals surface area (Å²) in [6, 6.07) is 5.53. The van der Waals surface area contributed by atoms with Gasteiger partial charge in [-0.3, -0.25) is 0 Å². The van der Waals surface area contributed by atoms with Gasteiger partial charge >= 0.3 is 6.01 Å². The molecule has 3 heterocycles. The van der Waals surface area contributed by atoms with E-state index in [1.807, 2.05) is 11.8 Å². The molecular formula is C26H24F2N4O4. The minimum Gasteiger partial charge on any atom is -0.508 e. The van der Waals surface area contributed by atoms with Crippen molar-refractivity contribution in [3.05, 3.63) is 41.5 Å². The smallest absolute Gasteiger partial charge is 0.318 e. The maximum atomic E-state index is 16.3.